The van der Waals surface area contributed by atoms with Crippen molar-refractivity contribution in [3.63, 3.8) is 0 Å². The van der Waals surface area contributed by atoms with Gasteiger partial charge in [0.2, 0.25) is 0 Å². The number of amides is 1. The Labute approximate surface area is 180 Å². The Morgan fingerprint density at radius 2 is 2.03 bits per heavy atom. The Morgan fingerprint density at radius 3 is 2.77 bits per heavy atom. The third-order valence-corrected chi connectivity index (χ3v) is 6.14. The second-order valence-corrected chi connectivity index (χ2v) is 8.66. The summed E-state index contributed by atoms with van der Waals surface area (Å²) < 4.78 is 7.15. The Kier molecular flexibility index (Phi) is 6.28. The molecule has 0 unspecified atom stereocenters. The van der Waals surface area contributed by atoms with Gasteiger partial charge in [0, 0.05) is 19.3 Å². The van der Waals surface area contributed by atoms with Crippen LogP contribution in [0, 0.1) is 5.92 Å². The minimum Gasteiger partial charge on any atom is -0.452 e. The average Bonchev–Trinajstić information content (AvgIpc) is 3.42. The van der Waals surface area contributed by atoms with E-state index in [0.717, 1.165) is 36.4 Å². The van der Waals surface area contributed by atoms with Gasteiger partial charge in [-0.3, -0.25) is 9.48 Å². The van der Waals surface area contributed by atoms with E-state index in [2.05, 4.69) is 12.0 Å². The standard InChI is InChI=1S/C23H25N3O3S/c1-17-7-5-11-25(13-17)21(27)16-29-23(28)19-15-26(14-18-8-3-2-4-9-18)24-22(19)20-10-6-12-30-20/h2-4,6,8-10,12,15,17H,5,7,11,13-14,16H2,1H3/t17-/m1/s1. The van der Waals surface area contributed by atoms with Crippen LogP contribution in [0.25, 0.3) is 10.6 Å². The van der Waals surface area contributed by atoms with Crippen LogP contribution in [0.3, 0.4) is 0 Å². The summed E-state index contributed by atoms with van der Waals surface area (Å²) in [5.41, 5.74) is 2.06. The van der Waals surface area contributed by atoms with Crippen LogP contribution in [0.15, 0.2) is 54.0 Å². The molecular weight excluding hydrogens is 398 g/mol. The summed E-state index contributed by atoms with van der Waals surface area (Å²) in [4.78, 5) is 28.0. The molecule has 3 heterocycles. The lowest BCUT2D eigenvalue weighted by Crippen LogP contribution is -2.41. The number of benzene rings is 1. The van der Waals surface area contributed by atoms with E-state index in [9.17, 15) is 9.59 Å². The molecular formula is C23H25N3O3S. The smallest absolute Gasteiger partial charge is 0.342 e. The van der Waals surface area contributed by atoms with E-state index in [0.29, 0.717) is 23.7 Å². The van der Waals surface area contributed by atoms with E-state index >= 15 is 0 Å². The number of hydrogen-bond donors (Lipinski definition) is 0. The van der Waals surface area contributed by atoms with Crippen LogP contribution in [-0.4, -0.2) is 46.3 Å². The van der Waals surface area contributed by atoms with Gasteiger partial charge in [-0.05, 0) is 35.8 Å². The first-order chi connectivity index (χ1) is 14.6. The molecule has 1 aromatic carbocycles. The number of nitrogens with zero attached hydrogens (tertiary/aromatic N) is 3. The van der Waals surface area contributed by atoms with E-state index in [1.165, 1.54) is 11.3 Å². The highest BCUT2D eigenvalue weighted by Crippen LogP contribution is 2.27. The van der Waals surface area contributed by atoms with E-state index in [4.69, 9.17) is 4.74 Å². The van der Waals surface area contributed by atoms with Crippen LogP contribution in [0.2, 0.25) is 0 Å². The Morgan fingerprint density at radius 1 is 1.20 bits per heavy atom. The summed E-state index contributed by atoms with van der Waals surface area (Å²) in [5.74, 6) is -0.166. The molecule has 0 spiro atoms. The number of ether oxygens (including phenoxy) is 1. The van der Waals surface area contributed by atoms with Crippen LogP contribution in [0.4, 0.5) is 0 Å². The summed E-state index contributed by atoms with van der Waals surface area (Å²) >= 11 is 1.52. The minimum absolute atomic E-state index is 0.135. The number of rotatable bonds is 6. The lowest BCUT2D eigenvalue weighted by molar-refractivity contribution is -0.136. The average molecular weight is 424 g/mol. The van der Waals surface area contributed by atoms with Crippen LogP contribution >= 0.6 is 11.3 Å². The van der Waals surface area contributed by atoms with Crippen molar-refractivity contribution in [3.8, 4) is 10.6 Å². The van der Waals surface area contributed by atoms with E-state index in [1.54, 1.807) is 15.8 Å². The van der Waals surface area contributed by atoms with E-state index < -0.39 is 5.97 Å². The second-order valence-electron chi connectivity index (χ2n) is 7.72. The molecule has 0 saturated carbocycles. The first kappa shape index (κ1) is 20.3. The van der Waals surface area contributed by atoms with Crippen molar-refractivity contribution in [1.29, 1.82) is 0 Å². The molecule has 2 aromatic heterocycles. The van der Waals surface area contributed by atoms with Gasteiger partial charge in [0.05, 0.1) is 11.4 Å². The van der Waals surface area contributed by atoms with Crippen LogP contribution < -0.4 is 0 Å². The highest BCUT2D eigenvalue weighted by Gasteiger charge is 2.24. The molecule has 4 rings (SSSR count). The molecule has 0 bridgehead atoms. The summed E-state index contributed by atoms with van der Waals surface area (Å²) in [7, 11) is 0. The monoisotopic (exact) mass is 423 g/mol. The van der Waals surface area contributed by atoms with E-state index in [1.807, 2.05) is 47.8 Å². The Hall–Kier alpha value is -2.93. The number of aromatic nitrogens is 2. The zero-order valence-electron chi connectivity index (χ0n) is 17.0. The van der Waals surface area contributed by atoms with Gasteiger partial charge in [-0.15, -0.1) is 11.3 Å². The van der Waals surface area contributed by atoms with Gasteiger partial charge < -0.3 is 9.64 Å². The van der Waals surface area contributed by atoms with Crippen molar-refractivity contribution < 1.29 is 14.3 Å². The van der Waals surface area contributed by atoms with Crippen LogP contribution in [-0.2, 0) is 16.1 Å². The maximum atomic E-state index is 12.8. The van der Waals surface area contributed by atoms with Crippen molar-refractivity contribution in [2.24, 2.45) is 5.92 Å². The van der Waals surface area contributed by atoms with Gasteiger partial charge in [0.25, 0.3) is 5.91 Å². The SMILES string of the molecule is C[C@@H]1CCCN(C(=O)COC(=O)c2cn(Cc3ccccc3)nc2-c2cccs2)C1. The Bertz CT molecular complexity index is 998. The van der Waals surface area contributed by atoms with Gasteiger partial charge in [-0.25, -0.2) is 4.79 Å². The fourth-order valence-electron chi connectivity index (χ4n) is 3.73. The number of carbonyl (C=O) groups excluding carboxylic acids is 2. The van der Waals surface area contributed by atoms with Crippen molar-refractivity contribution in [2.45, 2.75) is 26.3 Å². The summed E-state index contributed by atoms with van der Waals surface area (Å²) in [6, 6.07) is 13.8. The molecule has 1 aliphatic rings. The minimum atomic E-state index is -0.517. The first-order valence-electron chi connectivity index (χ1n) is 10.2. The van der Waals surface area contributed by atoms with Gasteiger partial charge in [-0.1, -0.05) is 43.3 Å². The molecule has 0 N–H and O–H groups in total. The molecule has 30 heavy (non-hydrogen) atoms. The maximum absolute atomic E-state index is 12.8. The second kappa shape index (κ2) is 9.26. The maximum Gasteiger partial charge on any atom is 0.342 e. The van der Waals surface area contributed by atoms with Crippen LogP contribution in [0.5, 0.6) is 0 Å². The summed E-state index contributed by atoms with van der Waals surface area (Å²) in [5, 5.41) is 6.57. The molecule has 7 heteroatoms. The highest BCUT2D eigenvalue weighted by atomic mass is 32.1. The summed E-state index contributed by atoms with van der Waals surface area (Å²) in [6.45, 7) is 3.91. The molecule has 1 aliphatic heterocycles. The largest absolute Gasteiger partial charge is 0.452 e. The molecule has 1 saturated heterocycles. The normalized spacial score (nSPS) is 16.4. The first-order valence-corrected chi connectivity index (χ1v) is 11.1. The zero-order valence-corrected chi connectivity index (χ0v) is 17.8. The predicted octanol–water partition coefficient (Wildman–Crippen LogP) is 4.08. The van der Waals surface area contributed by atoms with Gasteiger partial charge >= 0.3 is 5.97 Å². The molecule has 1 amide bonds. The summed E-state index contributed by atoms with van der Waals surface area (Å²) in [6.07, 6.45) is 3.84. The van der Waals surface area contributed by atoms with E-state index in [-0.39, 0.29) is 12.5 Å². The van der Waals surface area contributed by atoms with Crippen molar-refractivity contribution in [1.82, 2.24) is 14.7 Å². The fourth-order valence-corrected chi connectivity index (χ4v) is 4.45. The number of hydrogen-bond acceptors (Lipinski definition) is 5. The highest BCUT2D eigenvalue weighted by molar-refractivity contribution is 7.13. The van der Waals surface area contributed by atoms with Crippen molar-refractivity contribution in [2.75, 3.05) is 19.7 Å². The molecule has 6 nitrogen and oxygen atoms in total. The Balaban J connectivity index is 1.48. The van der Waals surface area contributed by atoms with Crippen molar-refractivity contribution >= 4 is 23.2 Å². The lowest BCUT2D eigenvalue weighted by atomic mass is 10.0. The zero-order chi connectivity index (χ0) is 20.9. The molecule has 0 aliphatic carbocycles. The molecule has 0 radical (unpaired) electrons. The third-order valence-electron chi connectivity index (χ3n) is 5.26. The predicted molar refractivity (Wildman–Crippen MR) is 116 cm³/mol. The van der Waals surface area contributed by atoms with Crippen LogP contribution in [0.1, 0.15) is 35.7 Å². The number of carbonyl (C=O) groups is 2. The number of likely N-dealkylation sites (tertiary alicyclic amines) is 1. The number of thiophene rings is 1. The third kappa shape index (κ3) is 4.79. The van der Waals surface area contributed by atoms with Crippen molar-refractivity contribution in [3.05, 3.63) is 65.2 Å². The number of piperidine rings is 1. The fraction of sp³-hybridized carbons (Fsp3) is 0.348. The topological polar surface area (TPSA) is 64.4 Å². The van der Waals surface area contributed by atoms with Gasteiger partial charge in [0.1, 0.15) is 11.3 Å². The molecule has 156 valence electrons. The number of esters is 1. The molecule has 1 fully saturated rings. The molecule has 1 atom stereocenters. The van der Waals surface area contributed by atoms with Gasteiger partial charge in [-0.2, -0.15) is 5.10 Å². The lowest BCUT2D eigenvalue weighted by Gasteiger charge is -2.30. The van der Waals surface area contributed by atoms with Gasteiger partial charge in [0.15, 0.2) is 6.61 Å². The molecule has 3 aromatic rings. The quantitative estimate of drug-likeness (QED) is 0.561.